The van der Waals surface area contributed by atoms with E-state index >= 15 is 0 Å². The van der Waals surface area contributed by atoms with Crippen LogP contribution in [0.2, 0.25) is 0 Å². The number of hydrogen-bond acceptors (Lipinski definition) is 2. The Hall–Kier alpha value is -1.29. The molecule has 1 amide bonds. The number of para-hydroxylation sites is 1. The van der Waals surface area contributed by atoms with E-state index in [1.165, 1.54) is 0 Å². The molecule has 0 spiro atoms. The quantitative estimate of drug-likeness (QED) is 0.618. The molecule has 0 atom stereocenters. The van der Waals surface area contributed by atoms with Crippen LogP contribution in [0.4, 0.5) is 4.79 Å². The van der Waals surface area contributed by atoms with Crippen molar-refractivity contribution in [2.24, 2.45) is 0 Å². The van der Waals surface area contributed by atoms with E-state index < -0.39 is 0 Å². The van der Waals surface area contributed by atoms with E-state index in [0.29, 0.717) is 6.54 Å². The molecule has 0 aliphatic heterocycles. The van der Waals surface area contributed by atoms with Gasteiger partial charge in [-0.25, -0.2) is 0 Å². The minimum atomic E-state index is -0.132. The van der Waals surface area contributed by atoms with Gasteiger partial charge in [-0.1, -0.05) is 18.2 Å². The van der Waals surface area contributed by atoms with Crippen LogP contribution in [-0.4, -0.2) is 16.8 Å². The van der Waals surface area contributed by atoms with Gasteiger partial charge < -0.3 is 9.32 Å². The maximum atomic E-state index is 11.0. The molecule has 2 rings (SSSR count). The molecule has 0 bridgehead atoms. The third kappa shape index (κ3) is 2.04. The molecule has 15 heavy (non-hydrogen) atoms. The van der Waals surface area contributed by atoms with Crippen LogP contribution in [0.15, 0.2) is 34.9 Å². The molecule has 0 N–H and O–H groups in total. The third-order valence-electron chi connectivity index (χ3n) is 2.27. The summed E-state index contributed by atoms with van der Waals surface area (Å²) in [5.41, 5.74) is 1.86. The molecule has 0 radical (unpaired) electrons. The molecular weight excluding hydrogens is 258 g/mol. The lowest BCUT2D eigenvalue weighted by Gasteiger charge is -2.11. The van der Waals surface area contributed by atoms with Gasteiger partial charge in [0.1, 0.15) is 5.58 Å². The monoisotopic (exact) mass is 267 g/mol. The lowest BCUT2D eigenvalue weighted by atomic mass is 10.2. The van der Waals surface area contributed by atoms with E-state index in [1.54, 1.807) is 18.2 Å². The summed E-state index contributed by atoms with van der Waals surface area (Å²) in [4.78, 5) is 12.5. The summed E-state index contributed by atoms with van der Waals surface area (Å²) >= 11 is 2.91. The highest BCUT2D eigenvalue weighted by molar-refractivity contribution is 9.18. The Morgan fingerprint density at radius 2 is 2.20 bits per heavy atom. The number of carbonyl (C=O) groups is 1. The first-order valence-electron chi connectivity index (χ1n) is 4.54. The molecule has 4 heteroatoms. The number of rotatable bonds is 2. The van der Waals surface area contributed by atoms with E-state index in [1.807, 2.05) is 24.3 Å². The molecule has 3 nitrogen and oxygen atoms in total. The second-order valence-corrected chi connectivity index (χ2v) is 4.04. The standard InChI is InChI=1S/C11H10BrNO2/c1-13(11(12)14)6-8-7-15-10-5-3-2-4-9(8)10/h2-5,7H,6H2,1H3. The van der Waals surface area contributed by atoms with Crippen molar-refractivity contribution in [3.05, 3.63) is 36.1 Å². The van der Waals surface area contributed by atoms with Crippen LogP contribution in [0.1, 0.15) is 5.56 Å². The zero-order valence-corrected chi connectivity index (χ0v) is 9.82. The van der Waals surface area contributed by atoms with E-state index in [9.17, 15) is 4.79 Å². The molecule has 0 aliphatic rings. The topological polar surface area (TPSA) is 33.5 Å². The van der Waals surface area contributed by atoms with Crippen LogP contribution in [0, 0.1) is 0 Å². The summed E-state index contributed by atoms with van der Waals surface area (Å²) in [7, 11) is 1.73. The van der Waals surface area contributed by atoms with Crippen LogP contribution >= 0.6 is 15.9 Å². The fourth-order valence-electron chi connectivity index (χ4n) is 1.47. The summed E-state index contributed by atoms with van der Waals surface area (Å²) in [6.07, 6.45) is 1.69. The maximum absolute atomic E-state index is 11.0. The smallest absolute Gasteiger partial charge is 0.289 e. The highest BCUT2D eigenvalue weighted by atomic mass is 79.9. The molecule has 1 aromatic carbocycles. The first-order chi connectivity index (χ1) is 7.18. The number of fused-ring (bicyclic) bond motifs is 1. The molecule has 0 aliphatic carbocycles. The van der Waals surface area contributed by atoms with Crippen molar-refractivity contribution in [2.45, 2.75) is 6.54 Å². The largest absolute Gasteiger partial charge is 0.464 e. The van der Waals surface area contributed by atoms with Gasteiger partial charge in [-0.3, -0.25) is 4.79 Å². The summed E-state index contributed by atoms with van der Waals surface area (Å²) in [5.74, 6) is 0. The Kier molecular flexibility index (Phi) is 2.77. The number of amides is 1. The Balaban J connectivity index is 2.32. The lowest BCUT2D eigenvalue weighted by Crippen LogP contribution is -2.19. The van der Waals surface area contributed by atoms with Gasteiger partial charge in [-0.2, -0.15) is 0 Å². The number of hydrogen-bond donors (Lipinski definition) is 0. The highest BCUT2D eigenvalue weighted by Gasteiger charge is 2.09. The van der Waals surface area contributed by atoms with Crippen LogP contribution in [-0.2, 0) is 6.54 Å². The van der Waals surface area contributed by atoms with Gasteiger partial charge in [-0.05, 0) is 6.07 Å². The number of furan rings is 1. The van der Waals surface area contributed by atoms with Gasteiger partial charge >= 0.3 is 0 Å². The molecular formula is C11H10BrNO2. The molecule has 0 unspecified atom stereocenters. The van der Waals surface area contributed by atoms with Gasteiger partial charge in [-0.15, -0.1) is 0 Å². The Morgan fingerprint density at radius 1 is 1.47 bits per heavy atom. The molecule has 0 fully saturated rings. The van der Waals surface area contributed by atoms with Crippen LogP contribution in [0.5, 0.6) is 0 Å². The Morgan fingerprint density at radius 3 is 2.93 bits per heavy atom. The van der Waals surface area contributed by atoms with E-state index in [4.69, 9.17) is 4.42 Å². The maximum Gasteiger partial charge on any atom is 0.289 e. The van der Waals surface area contributed by atoms with E-state index in [-0.39, 0.29) is 4.82 Å². The van der Waals surface area contributed by atoms with Crippen molar-refractivity contribution in [3.63, 3.8) is 0 Å². The Bertz CT molecular complexity index is 492. The summed E-state index contributed by atoms with van der Waals surface area (Å²) in [6, 6.07) is 7.78. The van der Waals surface area contributed by atoms with E-state index in [0.717, 1.165) is 16.5 Å². The fraction of sp³-hybridized carbons (Fsp3) is 0.182. The summed E-state index contributed by atoms with van der Waals surface area (Å²) in [5, 5.41) is 1.05. The van der Waals surface area contributed by atoms with Crippen LogP contribution in [0.25, 0.3) is 11.0 Å². The van der Waals surface area contributed by atoms with Gasteiger partial charge in [0.15, 0.2) is 0 Å². The van der Waals surface area contributed by atoms with Crippen molar-refractivity contribution in [2.75, 3.05) is 7.05 Å². The average molecular weight is 268 g/mol. The molecule has 2 aromatic rings. The van der Waals surface area contributed by atoms with Gasteiger partial charge in [0.25, 0.3) is 4.82 Å². The molecule has 1 aromatic heterocycles. The second-order valence-electron chi connectivity index (χ2n) is 3.37. The molecule has 78 valence electrons. The number of benzene rings is 1. The minimum Gasteiger partial charge on any atom is -0.464 e. The highest BCUT2D eigenvalue weighted by Crippen LogP contribution is 2.21. The number of nitrogens with zero attached hydrogens (tertiary/aromatic N) is 1. The first-order valence-corrected chi connectivity index (χ1v) is 5.33. The molecule has 1 heterocycles. The average Bonchev–Trinajstić information content (AvgIpc) is 2.62. The number of carbonyl (C=O) groups excluding carboxylic acids is 1. The van der Waals surface area contributed by atoms with Crippen LogP contribution in [0.3, 0.4) is 0 Å². The normalized spacial score (nSPS) is 10.5. The predicted molar refractivity (Wildman–Crippen MR) is 62.0 cm³/mol. The zero-order valence-electron chi connectivity index (χ0n) is 8.24. The fourth-order valence-corrected chi connectivity index (χ4v) is 1.60. The minimum absolute atomic E-state index is 0.132. The third-order valence-corrected chi connectivity index (χ3v) is 2.87. The van der Waals surface area contributed by atoms with Crippen molar-refractivity contribution in [1.29, 1.82) is 0 Å². The summed E-state index contributed by atoms with van der Waals surface area (Å²) < 4.78 is 5.38. The van der Waals surface area contributed by atoms with Gasteiger partial charge in [0, 0.05) is 40.5 Å². The molecule has 0 saturated carbocycles. The second kappa shape index (κ2) is 4.06. The zero-order chi connectivity index (χ0) is 10.8. The predicted octanol–water partition coefficient (Wildman–Crippen LogP) is 3.38. The first kappa shape index (κ1) is 10.2. The van der Waals surface area contributed by atoms with Crippen molar-refractivity contribution in [1.82, 2.24) is 4.90 Å². The van der Waals surface area contributed by atoms with Crippen LogP contribution < -0.4 is 0 Å². The van der Waals surface area contributed by atoms with E-state index in [2.05, 4.69) is 15.9 Å². The van der Waals surface area contributed by atoms with Gasteiger partial charge in [0.2, 0.25) is 0 Å². The SMILES string of the molecule is CN(Cc1coc2ccccc12)C(=O)Br. The summed E-state index contributed by atoms with van der Waals surface area (Å²) in [6.45, 7) is 0.543. The Labute approximate surface area is 95.8 Å². The molecule has 0 saturated heterocycles. The van der Waals surface area contributed by atoms with Crippen molar-refractivity contribution in [3.8, 4) is 0 Å². The van der Waals surface area contributed by atoms with Gasteiger partial charge in [0.05, 0.1) is 6.26 Å². The van der Waals surface area contributed by atoms with Crippen molar-refractivity contribution < 1.29 is 9.21 Å². The lowest BCUT2D eigenvalue weighted by molar-refractivity contribution is 0.233. The van der Waals surface area contributed by atoms with Crippen molar-refractivity contribution >= 4 is 31.7 Å². The number of halogens is 1.